The van der Waals surface area contributed by atoms with Gasteiger partial charge >= 0.3 is 6.09 Å². The van der Waals surface area contributed by atoms with Gasteiger partial charge in [-0.05, 0) is 88.3 Å². The fraction of sp³-hybridized carbons (Fsp3) is 0.645. The zero-order chi connectivity index (χ0) is 31.1. The van der Waals surface area contributed by atoms with Gasteiger partial charge in [-0.25, -0.2) is 13.2 Å². The number of rotatable bonds is 7. The molecule has 3 heterocycles. The number of sulfonamides is 1. The Morgan fingerprint density at radius 2 is 1.76 bits per heavy atom. The highest BCUT2D eigenvalue weighted by atomic mass is 32.2. The fourth-order valence-electron chi connectivity index (χ4n) is 5.89. The average molecular weight is 621 g/mol. The summed E-state index contributed by atoms with van der Waals surface area (Å²) in [6.07, 6.45) is 0.899. The lowest BCUT2D eigenvalue weighted by molar-refractivity contribution is -0.0993. The second kappa shape index (κ2) is 11.7. The summed E-state index contributed by atoms with van der Waals surface area (Å²) >= 11 is 0. The minimum Gasteiger partial charge on any atom is -0.467 e. The number of nitrogens with zero attached hydrogens (tertiary/aromatic N) is 2. The minimum atomic E-state index is -3.81. The van der Waals surface area contributed by atoms with Crippen LogP contribution in [0.1, 0.15) is 72.7 Å². The smallest absolute Gasteiger partial charge is 0.412 e. The Bertz CT molecular complexity index is 1320. The van der Waals surface area contributed by atoms with Crippen molar-refractivity contribution in [1.82, 2.24) is 9.21 Å². The molecule has 42 heavy (non-hydrogen) atoms. The lowest BCUT2D eigenvalue weighted by Gasteiger charge is -2.49. The maximum Gasteiger partial charge on any atom is 0.412 e. The quantitative estimate of drug-likeness (QED) is 0.357. The first-order valence-electron chi connectivity index (χ1n) is 14.8. The van der Waals surface area contributed by atoms with Crippen LogP contribution >= 0.6 is 0 Å². The summed E-state index contributed by atoms with van der Waals surface area (Å²) in [5.41, 5.74) is -1.65. The molecule has 2 aliphatic rings. The van der Waals surface area contributed by atoms with E-state index in [2.05, 4.69) is 33.9 Å². The van der Waals surface area contributed by atoms with Crippen molar-refractivity contribution >= 4 is 24.4 Å². The van der Waals surface area contributed by atoms with Crippen molar-refractivity contribution in [3.63, 3.8) is 0 Å². The Kier molecular flexibility index (Phi) is 9.13. The molecular formula is C31H48N2O7SSi. The van der Waals surface area contributed by atoms with Crippen molar-refractivity contribution in [1.29, 1.82) is 0 Å². The number of likely N-dealkylation sites (tertiary alicyclic amines) is 1. The Balaban J connectivity index is 1.71. The normalized spacial score (nSPS) is 25.1. The molecule has 234 valence electrons. The first-order valence-corrected chi connectivity index (χ1v) is 19.2. The topological polar surface area (TPSA) is 110 Å². The van der Waals surface area contributed by atoms with Gasteiger partial charge in [-0.1, -0.05) is 39.0 Å². The predicted molar refractivity (Wildman–Crippen MR) is 164 cm³/mol. The van der Waals surface area contributed by atoms with Crippen LogP contribution in [-0.2, 0) is 19.2 Å². The first-order chi connectivity index (χ1) is 19.4. The fourth-order valence-corrected chi connectivity index (χ4v) is 8.72. The molecule has 1 amide bonds. The van der Waals surface area contributed by atoms with Gasteiger partial charge in [0.1, 0.15) is 23.7 Å². The number of carbonyl (C=O) groups excluding carboxylic acids is 1. The number of aliphatic hydroxyl groups excluding tert-OH is 1. The Labute approximate surface area is 252 Å². The van der Waals surface area contributed by atoms with E-state index in [0.29, 0.717) is 31.6 Å². The lowest BCUT2D eigenvalue weighted by Crippen LogP contribution is -2.57. The summed E-state index contributed by atoms with van der Waals surface area (Å²) in [5.74, 6) is 0.563. The Hall–Kier alpha value is -2.18. The lowest BCUT2D eigenvalue weighted by atomic mass is 9.67. The zero-order valence-electron chi connectivity index (χ0n) is 26.3. The third kappa shape index (κ3) is 6.65. The average Bonchev–Trinajstić information content (AvgIpc) is 3.53. The third-order valence-corrected chi connectivity index (χ3v) is 15.6. The molecule has 1 spiro atoms. The van der Waals surface area contributed by atoms with Crippen LogP contribution in [0.5, 0.6) is 0 Å². The molecule has 0 bridgehead atoms. The largest absolute Gasteiger partial charge is 0.467 e. The van der Waals surface area contributed by atoms with Crippen molar-refractivity contribution in [3.05, 3.63) is 54.5 Å². The van der Waals surface area contributed by atoms with Crippen LogP contribution in [-0.4, -0.2) is 68.6 Å². The van der Waals surface area contributed by atoms with Gasteiger partial charge in [0.2, 0.25) is 10.0 Å². The first kappa shape index (κ1) is 32.7. The molecule has 0 saturated carbocycles. The Morgan fingerprint density at radius 3 is 2.33 bits per heavy atom. The van der Waals surface area contributed by atoms with Crippen LogP contribution in [0.2, 0.25) is 18.1 Å². The van der Waals surface area contributed by atoms with Gasteiger partial charge in [-0.15, -0.1) is 0 Å². The molecule has 4 atom stereocenters. The maximum absolute atomic E-state index is 13.8. The van der Waals surface area contributed by atoms with Crippen molar-refractivity contribution < 1.29 is 31.9 Å². The maximum atomic E-state index is 13.8. The molecular weight excluding hydrogens is 573 g/mol. The van der Waals surface area contributed by atoms with Crippen molar-refractivity contribution in [2.24, 2.45) is 11.3 Å². The molecule has 1 N–H and O–H groups in total. The van der Waals surface area contributed by atoms with E-state index in [0.717, 1.165) is 0 Å². The number of amides is 1. The van der Waals surface area contributed by atoms with Crippen LogP contribution < -0.4 is 0 Å². The molecule has 2 aromatic rings. The number of piperidine rings is 1. The van der Waals surface area contributed by atoms with Crippen LogP contribution in [0.15, 0.2) is 58.0 Å². The second-order valence-electron chi connectivity index (χ2n) is 14.3. The molecule has 2 fully saturated rings. The number of benzene rings is 1. The van der Waals surface area contributed by atoms with E-state index in [4.69, 9.17) is 13.6 Å². The van der Waals surface area contributed by atoms with E-state index >= 15 is 0 Å². The highest BCUT2D eigenvalue weighted by molar-refractivity contribution is 7.89. The molecule has 11 heteroatoms. The number of carbonyl (C=O) groups is 1. The number of aliphatic hydroxyl groups is 1. The summed E-state index contributed by atoms with van der Waals surface area (Å²) in [6.45, 7) is 17.0. The van der Waals surface area contributed by atoms with E-state index in [-0.39, 0.29) is 35.0 Å². The van der Waals surface area contributed by atoms with E-state index < -0.39 is 41.7 Å². The van der Waals surface area contributed by atoms with Gasteiger partial charge in [-0.3, -0.25) is 4.90 Å². The van der Waals surface area contributed by atoms with Crippen LogP contribution in [0.4, 0.5) is 4.79 Å². The molecule has 4 rings (SSSR count). The van der Waals surface area contributed by atoms with Crippen LogP contribution in [0, 0.1) is 11.3 Å². The molecule has 2 saturated heterocycles. The van der Waals surface area contributed by atoms with Gasteiger partial charge in [0.05, 0.1) is 11.2 Å². The molecule has 9 nitrogen and oxygen atoms in total. The molecule has 0 radical (unpaired) electrons. The minimum absolute atomic E-state index is 0.0386. The molecule has 2 unspecified atom stereocenters. The third-order valence-electron chi connectivity index (χ3n) is 9.25. The van der Waals surface area contributed by atoms with Gasteiger partial charge in [0.25, 0.3) is 0 Å². The van der Waals surface area contributed by atoms with Crippen molar-refractivity contribution in [2.75, 3.05) is 19.6 Å². The van der Waals surface area contributed by atoms with Crippen molar-refractivity contribution in [2.45, 2.75) is 102 Å². The summed E-state index contributed by atoms with van der Waals surface area (Å²) in [6, 6.07) is 12.1. The second-order valence-corrected chi connectivity index (χ2v) is 21.0. The summed E-state index contributed by atoms with van der Waals surface area (Å²) in [5, 5.41) is 11.9. The van der Waals surface area contributed by atoms with Crippen LogP contribution in [0.25, 0.3) is 0 Å². The number of ether oxygens (including phenoxy) is 1. The van der Waals surface area contributed by atoms with E-state index in [1.807, 2.05) is 12.1 Å². The standard InChI is InChI=1S/C31H48N2O7SSi/c1-29(2,3)39-28(35)33-19-17-31(27(33)34)22-32(41(36,37)24-13-10-9-11-14-24)18-16-23(31)21-26(25-15-12-20-38-25)40-42(7,8)30(4,5)6/h9-15,20,23,26-27,34H,16-19,21-22H2,1-8H3/t23-,26?,27?,31-/m0/s1. The molecule has 1 aromatic carbocycles. The van der Waals surface area contributed by atoms with Crippen molar-refractivity contribution in [3.8, 4) is 0 Å². The Morgan fingerprint density at radius 1 is 1.10 bits per heavy atom. The monoisotopic (exact) mass is 620 g/mol. The summed E-state index contributed by atoms with van der Waals surface area (Å²) in [4.78, 5) is 14.8. The van der Waals surface area contributed by atoms with Gasteiger partial charge < -0.3 is 18.7 Å². The number of hydrogen-bond acceptors (Lipinski definition) is 7. The van der Waals surface area contributed by atoms with E-state index in [1.54, 1.807) is 57.4 Å². The summed E-state index contributed by atoms with van der Waals surface area (Å²) in [7, 11) is -6.05. The van der Waals surface area contributed by atoms with Gasteiger partial charge in [-0.2, -0.15) is 4.31 Å². The zero-order valence-corrected chi connectivity index (χ0v) is 28.1. The van der Waals surface area contributed by atoms with Crippen LogP contribution in [0.3, 0.4) is 0 Å². The molecule has 2 aliphatic heterocycles. The molecule has 1 aromatic heterocycles. The number of hydrogen-bond donors (Lipinski definition) is 1. The molecule has 0 aliphatic carbocycles. The summed E-state index contributed by atoms with van der Waals surface area (Å²) < 4.78 is 47.4. The highest BCUT2D eigenvalue weighted by Crippen LogP contribution is 2.52. The highest BCUT2D eigenvalue weighted by Gasteiger charge is 2.58. The number of furan rings is 1. The van der Waals surface area contributed by atoms with E-state index in [9.17, 15) is 18.3 Å². The predicted octanol–water partition coefficient (Wildman–Crippen LogP) is 6.39. The van der Waals surface area contributed by atoms with Gasteiger partial charge in [0.15, 0.2) is 8.32 Å². The van der Waals surface area contributed by atoms with Gasteiger partial charge in [0, 0.05) is 25.0 Å². The SMILES string of the molecule is CC(C)(C)OC(=O)N1CC[C@@]2(CN(S(=O)(=O)c3ccccc3)CC[C@H]2CC(O[Si](C)(C)C(C)(C)C)c2ccco2)C1O. The van der Waals surface area contributed by atoms with E-state index in [1.165, 1.54) is 9.21 Å².